The highest BCUT2D eigenvalue weighted by molar-refractivity contribution is 7.19. The van der Waals surface area contributed by atoms with Gasteiger partial charge in [-0.25, -0.2) is 18.6 Å². The molecule has 258 valence electrons. The first-order valence-electron chi connectivity index (χ1n) is 14.4. The lowest BCUT2D eigenvalue weighted by Crippen LogP contribution is -2.41. The van der Waals surface area contributed by atoms with Crippen LogP contribution in [-0.4, -0.2) is 88.9 Å². The van der Waals surface area contributed by atoms with Crippen molar-refractivity contribution in [2.75, 3.05) is 39.8 Å². The van der Waals surface area contributed by atoms with Crippen LogP contribution in [0.5, 0.6) is 5.75 Å². The summed E-state index contributed by atoms with van der Waals surface area (Å²) in [7, 11) is 1.55. The molecule has 0 unspecified atom stereocenters. The van der Waals surface area contributed by atoms with Crippen LogP contribution in [0.2, 0.25) is 0 Å². The minimum Gasteiger partial charge on any atom is -0.486 e. The Balaban J connectivity index is 0.000000671. The highest BCUT2D eigenvalue weighted by atomic mass is 32.1. The third kappa shape index (κ3) is 9.68. The molecule has 0 saturated carbocycles. The SMILES string of the molecule is COCc1cc2c(F)c(F)cc(-c3ccc(OCc4nc(C(=O)N(CCN5CCCC5)CC(=O)O)cs4)cc3)c2s1.O=C(O)C(F)(F)F. The number of aromatic nitrogens is 1. The molecule has 48 heavy (non-hydrogen) atoms. The van der Waals surface area contributed by atoms with Gasteiger partial charge < -0.3 is 29.5 Å². The van der Waals surface area contributed by atoms with E-state index < -0.39 is 35.7 Å². The summed E-state index contributed by atoms with van der Waals surface area (Å²) < 4.78 is 72.2. The second-order valence-electron chi connectivity index (χ2n) is 10.5. The average Bonchev–Trinajstić information content (AvgIpc) is 3.82. The molecule has 1 aliphatic heterocycles. The zero-order valence-electron chi connectivity index (χ0n) is 25.4. The van der Waals surface area contributed by atoms with Crippen molar-refractivity contribution < 1.29 is 56.0 Å². The van der Waals surface area contributed by atoms with Crippen LogP contribution < -0.4 is 4.74 Å². The molecule has 2 N–H and O–H groups in total. The summed E-state index contributed by atoms with van der Waals surface area (Å²) >= 11 is 2.62. The van der Waals surface area contributed by atoms with Crippen molar-refractivity contribution >= 4 is 50.6 Å². The third-order valence-corrected chi connectivity index (χ3v) is 9.03. The van der Waals surface area contributed by atoms with Crippen molar-refractivity contribution in [2.24, 2.45) is 0 Å². The van der Waals surface area contributed by atoms with E-state index in [2.05, 4.69) is 9.88 Å². The summed E-state index contributed by atoms with van der Waals surface area (Å²) in [5, 5.41) is 18.8. The normalized spacial score (nSPS) is 13.3. The standard InChI is InChI=1S/C29H29F2N3O5S2.C2HF3O2/c1-38-15-20-12-22-27(31)23(30)13-21(28(22)41-20)18-4-6-19(7-5-18)39-16-25-32-24(17-40-25)29(37)34(14-26(35)36)11-10-33-8-2-3-9-33;3-2(4,5)1(6)7/h4-7,12-13,17H,2-3,8-11,14-16H2,1H3,(H,35,36);(H,6,7). The number of alkyl halides is 3. The van der Waals surface area contributed by atoms with Crippen molar-refractivity contribution in [2.45, 2.75) is 32.2 Å². The maximum Gasteiger partial charge on any atom is 0.490 e. The molecular weight excluding hydrogens is 685 g/mol. The van der Waals surface area contributed by atoms with Crippen LogP contribution in [0.1, 0.15) is 33.2 Å². The molecule has 17 heteroatoms. The molecule has 0 spiro atoms. The van der Waals surface area contributed by atoms with Gasteiger partial charge >= 0.3 is 18.1 Å². The Morgan fingerprint density at radius 2 is 1.71 bits per heavy atom. The van der Waals surface area contributed by atoms with Crippen molar-refractivity contribution in [3.8, 4) is 16.9 Å². The number of benzene rings is 2. The van der Waals surface area contributed by atoms with Gasteiger partial charge in [-0.3, -0.25) is 9.59 Å². The Kier molecular flexibility index (Phi) is 12.4. The second-order valence-corrected chi connectivity index (χ2v) is 12.6. The van der Waals surface area contributed by atoms with Crippen molar-refractivity contribution in [1.29, 1.82) is 0 Å². The number of thiophene rings is 1. The minimum atomic E-state index is -5.08. The molecule has 1 saturated heterocycles. The Morgan fingerprint density at radius 3 is 2.31 bits per heavy atom. The van der Waals surface area contributed by atoms with E-state index >= 15 is 0 Å². The fraction of sp³-hybridized carbons (Fsp3) is 0.355. The number of carboxylic acids is 2. The molecule has 0 aliphatic carbocycles. The molecule has 0 atom stereocenters. The van der Waals surface area contributed by atoms with Crippen LogP contribution in [0.3, 0.4) is 0 Å². The minimum absolute atomic E-state index is 0.116. The van der Waals surface area contributed by atoms with Crippen LogP contribution in [0.4, 0.5) is 22.0 Å². The van der Waals surface area contributed by atoms with E-state index in [1.165, 1.54) is 33.6 Å². The lowest BCUT2D eigenvalue weighted by Gasteiger charge is -2.23. The average molecular weight is 716 g/mol. The number of hydrogen-bond donors (Lipinski definition) is 2. The Hall–Kier alpha value is -4.19. The second kappa shape index (κ2) is 16.3. The number of carbonyl (C=O) groups excluding carboxylic acids is 1. The fourth-order valence-corrected chi connectivity index (χ4v) is 6.65. The van der Waals surface area contributed by atoms with Gasteiger partial charge in [-0.1, -0.05) is 12.1 Å². The van der Waals surface area contributed by atoms with Crippen LogP contribution in [0, 0.1) is 11.6 Å². The molecule has 5 rings (SSSR count). The molecule has 2 aromatic carbocycles. The van der Waals surface area contributed by atoms with Crippen LogP contribution >= 0.6 is 22.7 Å². The van der Waals surface area contributed by atoms with Crippen LogP contribution in [0.15, 0.2) is 41.8 Å². The van der Waals surface area contributed by atoms with Gasteiger partial charge in [0.2, 0.25) is 0 Å². The largest absolute Gasteiger partial charge is 0.490 e. The van der Waals surface area contributed by atoms with Crippen molar-refractivity contribution in [1.82, 2.24) is 14.8 Å². The summed E-state index contributed by atoms with van der Waals surface area (Å²) in [5.74, 6) is -5.49. The predicted molar refractivity (Wildman–Crippen MR) is 167 cm³/mol. The number of carboxylic acid groups (broad SMARTS) is 2. The van der Waals surface area contributed by atoms with Gasteiger partial charge in [-0.15, -0.1) is 22.7 Å². The number of halogens is 5. The molecule has 3 heterocycles. The lowest BCUT2D eigenvalue weighted by molar-refractivity contribution is -0.192. The molecule has 4 aromatic rings. The van der Waals surface area contributed by atoms with E-state index in [0.29, 0.717) is 46.3 Å². The first-order valence-corrected chi connectivity index (χ1v) is 16.1. The number of rotatable bonds is 12. The van der Waals surface area contributed by atoms with Gasteiger partial charge in [0.05, 0.1) is 6.61 Å². The number of carbonyl (C=O) groups is 3. The molecule has 1 fully saturated rings. The number of nitrogens with zero attached hydrogens (tertiary/aromatic N) is 3. The summed E-state index contributed by atoms with van der Waals surface area (Å²) in [5.41, 5.74) is 1.48. The van der Waals surface area contributed by atoms with Crippen LogP contribution in [0.25, 0.3) is 21.2 Å². The van der Waals surface area contributed by atoms with Gasteiger partial charge in [0.25, 0.3) is 5.91 Å². The fourth-order valence-electron chi connectivity index (χ4n) is 4.81. The van der Waals surface area contributed by atoms with E-state index in [9.17, 15) is 36.6 Å². The number of ether oxygens (including phenoxy) is 2. The molecule has 0 bridgehead atoms. The quantitative estimate of drug-likeness (QED) is 0.163. The topological polar surface area (TPSA) is 130 Å². The Bertz CT molecular complexity index is 1740. The van der Waals surface area contributed by atoms with Gasteiger partial charge in [-0.2, -0.15) is 13.2 Å². The zero-order valence-corrected chi connectivity index (χ0v) is 27.0. The Labute approximate surface area is 278 Å². The summed E-state index contributed by atoms with van der Waals surface area (Å²) in [4.78, 5) is 42.0. The summed E-state index contributed by atoms with van der Waals surface area (Å²) in [6, 6.07) is 9.84. The lowest BCUT2D eigenvalue weighted by atomic mass is 10.0. The van der Waals surface area contributed by atoms with Gasteiger partial charge in [0.1, 0.15) is 29.6 Å². The Morgan fingerprint density at radius 1 is 1.04 bits per heavy atom. The van der Waals surface area contributed by atoms with E-state index in [1.807, 2.05) is 0 Å². The number of thiazole rings is 1. The van der Waals surface area contributed by atoms with Gasteiger partial charge in [0, 0.05) is 46.1 Å². The number of methoxy groups -OCH3 is 1. The molecule has 0 radical (unpaired) electrons. The molecule has 10 nitrogen and oxygen atoms in total. The van der Waals surface area contributed by atoms with E-state index in [1.54, 1.807) is 42.8 Å². The summed E-state index contributed by atoms with van der Waals surface area (Å²) in [6.45, 7) is 2.92. The third-order valence-electron chi connectivity index (χ3n) is 7.07. The van der Waals surface area contributed by atoms with E-state index in [-0.39, 0.29) is 24.2 Å². The molecule has 2 aromatic heterocycles. The number of likely N-dealkylation sites (tertiary alicyclic amines) is 1. The maximum absolute atomic E-state index is 14.4. The number of hydrogen-bond acceptors (Lipinski definition) is 9. The van der Waals surface area contributed by atoms with Crippen LogP contribution in [-0.2, 0) is 27.5 Å². The van der Waals surface area contributed by atoms with Crippen molar-refractivity contribution in [3.05, 3.63) is 69.0 Å². The predicted octanol–water partition coefficient (Wildman–Crippen LogP) is 6.28. The maximum atomic E-state index is 14.4. The molecule has 1 amide bonds. The smallest absolute Gasteiger partial charge is 0.486 e. The first-order chi connectivity index (χ1) is 22.8. The first kappa shape index (κ1) is 36.6. The number of fused-ring (bicyclic) bond motifs is 1. The number of amides is 1. The number of aliphatic carboxylic acids is 2. The van der Waals surface area contributed by atoms with Gasteiger partial charge in [0.15, 0.2) is 11.6 Å². The molecule has 1 aliphatic rings. The van der Waals surface area contributed by atoms with E-state index in [4.69, 9.17) is 19.4 Å². The van der Waals surface area contributed by atoms with Gasteiger partial charge in [-0.05, 0) is 55.8 Å². The highest BCUT2D eigenvalue weighted by Gasteiger charge is 2.38. The highest BCUT2D eigenvalue weighted by Crippen LogP contribution is 2.38. The summed E-state index contributed by atoms with van der Waals surface area (Å²) in [6.07, 6.45) is -2.85. The zero-order chi connectivity index (χ0) is 35.0. The van der Waals surface area contributed by atoms with E-state index in [0.717, 1.165) is 30.8 Å². The molecular formula is C31H30F5N3O7S2. The monoisotopic (exact) mass is 715 g/mol. The van der Waals surface area contributed by atoms with Crippen molar-refractivity contribution in [3.63, 3.8) is 0 Å².